The fraction of sp³-hybridized carbons (Fsp3) is 0.0870. The minimum Gasteiger partial charge on any atom is -0.360 e. The molecular weight excluding hydrogens is 364 g/mol. The number of para-hydroxylation sites is 1. The molecule has 1 N–H and O–H groups in total. The summed E-state index contributed by atoms with van der Waals surface area (Å²) in [6.07, 6.45) is 1.61. The maximum absolute atomic E-state index is 13.4. The molecule has 0 aliphatic heterocycles. The van der Waals surface area contributed by atoms with Crippen molar-refractivity contribution < 1.29 is 9.32 Å². The Hall–Kier alpha value is -3.93. The lowest BCUT2D eigenvalue weighted by Crippen LogP contribution is -2.31. The number of rotatable bonds is 6. The van der Waals surface area contributed by atoms with E-state index in [0.717, 1.165) is 11.3 Å². The van der Waals surface area contributed by atoms with Crippen molar-refractivity contribution in [3.63, 3.8) is 0 Å². The van der Waals surface area contributed by atoms with Crippen LogP contribution in [0.4, 0.5) is 17.2 Å². The van der Waals surface area contributed by atoms with E-state index in [2.05, 4.69) is 15.5 Å². The number of hydrogen-bond donors (Lipinski definition) is 1. The molecule has 0 radical (unpaired) electrons. The van der Waals surface area contributed by atoms with Gasteiger partial charge in [-0.05, 0) is 36.8 Å². The molecule has 6 nitrogen and oxygen atoms in total. The number of benzene rings is 2. The van der Waals surface area contributed by atoms with Crippen LogP contribution in [0, 0.1) is 6.92 Å². The number of anilines is 3. The van der Waals surface area contributed by atoms with Gasteiger partial charge in [-0.25, -0.2) is 0 Å². The van der Waals surface area contributed by atoms with Gasteiger partial charge in [0.25, 0.3) is 5.91 Å². The van der Waals surface area contributed by atoms with Crippen LogP contribution in [0.25, 0.3) is 0 Å². The summed E-state index contributed by atoms with van der Waals surface area (Å²) in [5.41, 5.74) is 2.91. The Bertz CT molecular complexity index is 1090. The van der Waals surface area contributed by atoms with Crippen LogP contribution in [0.1, 0.15) is 21.8 Å². The van der Waals surface area contributed by atoms with Crippen molar-refractivity contribution in [2.24, 2.45) is 0 Å². The molecule has 2 heterocycles. The molecule has 0 fully saturated rings. The first kappa shape index (κ1) is 18.4. The van der Waals surface area contributed by atoms with Gasteiger partial charge in [0.1, 0.15) is 11.5 Å². The average molecular weight is 384 g/mol. The highest BCUT2D eigenvalue weighted by atomic mass is 16.5. The van der Waals surface area contributed by atoms with Crippen LogP contribution in [0.2, 0.25) is 0 Å². The van der Waals surface area contributed by atoms with Gasteiger partial charge in [-0.1, -0.05) is 53.7 Å². The molecular formula is C23H20N4O2. The fourth-order valence-electron chi connectivity index (χ4n) is 2.99. The summed E-state index contributed by atoms with van der Waals surface area (Å²) in [6.45, 7) is 2.27. The number of aromatic nitrogens is 2. The van der Waals surface area contributed by atoms with Crippen molar-refractivity contribution in [1.82, 2.24) is 10.1 Å². The van der Waals surface area contributed by atoms with Gasteiger partial charge in [-0.3, -0.25) is 9.78 Å². The molecule has 2 aromatic carbocycles. The van der Waals surface area contributed by atoms with E-state index in [1.807, 2.05) is 67.6 Å². The number of aryl methyl sites for hydroxylation is 1. The smallest absolute Gasteiger partial charge is 0.277 e. The van der Waals surface area contributed by atoms with Gasteiger partial charge >= 0.3 is 0 Å². The number of amides is 1. The van der Waals surface area contributed by atoms with Crippen molar-refractivity contribution in [1.29, 1.82) is 0 Å². The zero-order valence-electron chi connectivity index (χ0n) is 15.9. The van der Waals surface area contributed by atoms with Crippen LogP contribution >= 0.6 is 0 Å². The van der Waals surface area contributed by atoms with Gasteiger partial charge in [0.2, 0.25) is 0 Å². The first-order valence-corrected chi connectivity index (χ1v) is 9.26. The van der Waals surface area contributed by atoms with Gasteiger partial charge in [-0.2, -0.15) is 0 Å². The first-order chi connectivity index (χ1) is 14.2. The topological polar surface area (TPSA) is 71.3 Å². The number of carbonyl (C=O) groups excluding carboxylic acids is 1. The minimum atomic E-state index is -0.181. The molecule has 0 saturated carbocycles. The summed E-state index contributed by atoms with van der Waals surface area (Å²) in [5.74, 6) is 1.10. The lowest BCUT2D eigenvalue weighted by molar-refractivity contribution is 0.0980. The van der Waals surface area contributed by atoms with E-state index >= 15 is 0 Å². The summed E-state index contributed by atoms with van der Waals surface area (Å²) < 4.78 is 5.07. The predicted molar refractivity (Wildman–Crippen MR) is 112 cm³/mol. The first-order valence-electron chi connectivity index (χ1n) is 9.26. The third-order valence-corrected chi connectivity index (χ3v) is 4.38. The number of nitrogens with zero attached hydrogens (tertiary/aromatic N) is 3. The highest BCUT2D eigenvalue weighted by Crippen LogP contribution is 2.22. The Labute approximate surface area is 168 Å². The van der Waals surface area contributed by atoms with Crippen LogP contribution in [0.3, 0.4) is 0 Å². The molecule has 4 rings (SSSR count). The zero-order chi connectivity index (χ0) is 20.1. The number of hydrogen-bond acceptors (Lipinski definition) is 5. The van der Waals surface area contributed by atoms with Gasteiger partial charge in [0.05, 0.1) is 6.54 Å². The molecule has 4 aromatic rings. The molecule has 29 heavy (non-hydrogen) atoms. The van der Waals surface area contributed by atoms with Crippen LogP contribution in [-0.2, 0) is 6.54 Å². The molecule has 0 aliphatic rings. The second-order valence-corrected chi connectivity index (χ2v) is 6.59. The van der Waals surface area contributed by atoms with Crippen molar-refractivity contribution in [2.75, 3.05) is 10.2 Å². The van der Waals surface area contributed by atoms with Gasteiger partial charge in [0.15, 0.2) is 5.82 Å². The maximum atomic E-state index is 13.4. The maximum Gasteiger partial charge on any atom is 0.277 e. The third kappa shape index (κ3) is 4.50. The SMILES string of the molecule is Cc1cc(Nc2ccnc(C(=O)N(Cc3ccccc3)c3ccccc3)c2)no1. The third-order valence-electron chi connectivity index (χ3n) is 4.38. The highest BCUT2D eigenvalue weighted by Gasteiger charge is 2.20. The number of carbonyl (C=O) groups is 1. The second kappa shape index (κ2) is 8.39. The van der Waals surface area contributed by atoms with E-state index in [1.54, 1.807) is 29.3 Å². The van der Waals surface area contributed by atoms with Gasteiger partial charge < -0.3 is 14.7 Å². The Morgan fingerprint density at radius 2 is 1.72 bits per heavy atom. The van der Waals surface area contributed by atoms with Crippen molar-refractivity contribution in [2.45, 2.75) is 13.5 Å². The molecule has 0 saturated heterocycles. The Balaban J connectivity index is 1.62. The van der Waals surface area contributed by atoms with Crippen molar-refractivity contribution >= 4 is 23.1 Å². The van der Waals surface area contributed by atoms with Crippen LogP contribution in [-0.4, -0.2) is 16.0 Å². The molecule has 2 aromatic heterocycles. The van der Waals surface area contributed by atoms with Gasteiger partial charge in [0, 0.05) is 23.6 Å². The van der Waals surface area contributed by atoms with Crippen molar-refractivity contribution in [3.8, 4) is 0 Å². The normalized spacial score (nSPS) is 10.5. The molecule has 144 valence electrons. The lowest BCUT2D eigenvalue weighted by atomic mass is 10.1. The van der Waals surface area contributed by atoms with E-state index in [-0.39, 0.29) is 5.91 Å². The largest absolute Gasteiger partial charge is 0.360 e. The quantitative estimate of drug-likeness (QED) is 0.508. The van der Waals surface area contributed by atoms with Crippen molar-refractivity contribution in [3.05, 3.63) is 102 Å². The molecule has 0 bridgehead atoms. The lowest BCUT2D eigenvalue weighted by Gasteiger charge is -2.23. The monoisotopic (exact) mass is 384 g/mol. The Morgan fingerprint density at radius 1 is 1.00 bits per heavy atom. The van der Waals surface area contributed by atoms with E-state index in [4.69, 9.17) is 4.52 Å². The minimum absolute atomic E-state index is 0.181. The zero-order valence-corrected chi connectivity index (χ0v) is 15.9. The Morgan fingerprint density at radius 3 is 2.41 bits per heavy atom. The summed E-state index contributed by atoms with van der Waals surface area (Å²) in [4.78, 5) is 19.4. The van der Waals surface area contributed by atoms with E-state index in [1.165, 1.54) is 0 Å². The van der Waals surface area contributed by atoms with E-state index < -0.39 is 0 Å². The molecule has 0 aliphatic carbocycles. The molecule has 0 spiro atoms. The molecule has 6 heteroatoms. The molecule has 0 unspecified atom stereocenters. The Kier molecular flexibility index (Phi) is 5.33. The highest BCUT2D eigenvalue weighted by molar-refractivity contribution is 6.05. The molecule has 0 atom stereocenters. The number of pyridine rings is 1. The van der Waals surface area contributed by atoms with Crippen LogP contribution in [0.5, 0.6) is 0 Å². The standard InChI is InChI=1S/C23H20N4O2/c1-17-14-22(26-29-17)25-19-12-13-24-21(15-19)23(28)27(20-10-6-3-7-11-20)16-18-8-4-2-5-9-18/h2-15H,16H2,1H3,(H,24,25,26). The summed E-state index contributed by atoms with van der Waals surface area (Å²) in [6, 6.07) is 24.8. The average Bonchev–Trinajstić information content (AvgIpc) is 3.17. The predicted octanol–water partition coefficient (Wildman–Crippen LogP) is 4.97. The number of nitrogens with one attached hydrogen (secondary N) is 1. The summed E-state index contributed by atoms with van der Waals surface area (Å²) in [5, 5.41) is 7.06. The fourth-order valence-corrected chi connectivity index (χ4v) is 2.99. The van der Waals surface area contributed by atoms with Gasteiger partial charge in [-0.15, -0.1) is 0 Å². The second-order valence-electron chi connectivity index (χ2n) is 6.59. The van der Waals surface area contributed by atoms with E-state index in [0.29, 0.717) is 29.5 Å². The van der Waals surface area contributed by atoms with Crippen LogP contribution in [0.15, 0.2) is 89.6 Å². The summed E-state index contributed by atoms with van der Waals surface area (Å²) in [7, 11) is 0. The molecule has 1 amide bonds. The van der Waals surface area contributed by atoms with E-state index in [9.17, 15) is 4.79 Å². The van der Waals surface area contributed by atoms with Crippen LogP contribution < -0.4 is 10.2 Å². The summed E-state index contributed by atoms with van der Waals surface area (Å²) >= 11 is 0.